The second-order valence-electron chi connectivity index (χ2n) is 4.07. The van der Waals surface area contributed by atoms with Gasteiger partial charge in [0.15, 0.2) is 11.2 Å². The summed E-state index contributed by atoms with van der Waals surface area (Å²) in [6, 6.07) is -0.173. The van der Waals surface area contributed by atoms with Crippen molar-refractivity contribution in [3.63, 3.8) is 0 Å². The summed E-state index contributed by atoms with van der Waals surface area (Å²) in [5.74, 6) is 0.0460. The number of imidazole rings is 1. The summed E-state index contributed by atoms with van der Waals surface area (Å²) in [6.45, 7) is 1.13. The second-order valence-corrected chi connectivity index (χ2v) is 4.07. The van der Waals surface area contributed by atoms with Crippen molar-refractivity contribution in [3.8, 4) is 0 Å². The van der Waals surface area contributed by atoms with Crippen LogP contribution in [-0.2, 0) is 0 Å². The zero-order chi connectivity index (χ0) is 12.0. The summed E-state index contributed by atoms with van der Waals surface area (Å²) < 4.78 is 1.69. The number of anilines is 1. The van der Waals surface area contributed by atoms with Gasteiger partial charge in [-0.25, -0.2) is 4.98 Å². The van der Waals surface area contributed by atoms with E-state index in [0.717, 1.165) is 0 Å². The van der Waals surface area contributed by atoms with Crippen LogP contribution in [0.1, 0.15) is 6.04 Å². The maximum absolute atomic E-state index is 11.6. The van der Waals surface area contributed by atoms with Gasteiger partial charge in [0.2, 0.25) is 5.95 Å². The smallest absolute Gasteiger partial charge is 0.280 e. The molecule has 8 heteroatoms. The molecule has 17 heavy (non-hydrogen) atoms. The van der Waals surface area contributed by atoms with Gasteiger partial charge >= 0.3 is 0 Å². The number of β-amino-alcohol motifs (C(OH)–C–C–N with tert-alkyl or cyclic N) is 1. The van der Waals surface area contributed by atoms with Gasteiger partial charge in [-0.3, -0.25) is 9.78 Å². The van der Waals surface area contributed by atoms with E-state index in [4.69, 9.17) is 5.73 Å². The Hall–Kier alpha value is -1.93. The molecule has 0 spiro atoms. The van der Waals surface area contributed by atoms with Gasteiger partial charge in [-0.15, -0.1) is 0 Å². The van der Waals surface area contributed by atoms with Crippen molar-refractivity contribution in [2.75, 3.05) is 18.8 Å². The largest absolute Gasteiger partial charge is 0.390 e. The van der Waals surface area contributed by atoms with Crippen molar-refractivity contribution in [1.82, 2.24) is 24.8 Å². The van der Waals surface area contributed by atoms with E-state index in [1.165, 1.54) is 6.33 Å². The third kappa shape index (κ3) is 1.49. The molecule has 0 unspecified atom stereocenters. The summed E-state index contributed by atoms with van der Waals surface area (Å²) in [5, 5.41) is 12.9. The lowest BCUT2D eigenvalue weighted by Gasteiger charge is -2.15. The number of nitrogens with two attached hydrogens (primary N) is 1. The molecule has 0 aliphatic carbocycles. The van der Waals surface area contributed by atoms with E-state index < -0.39 is 6.10 Å². The van der Waals surface area contributed by atoms with E-state index in [0.29, 0.717) is 18.7 Å². The topological polar surface area (TPSA) is 122 Å². The third-order valence-corrected chi connectivity index (χ3v) is 2.96. The molecule has 2 aromatic rings. The second kappa shape index (κ2) is 3.54. The first-order valence-corrected chi connectivity index (χ1v) is 5.28. The molecule has 1 aliphatic heterocycles. The highest BCUT2D eigenvalue weighted by molar-refractivity contribution is 5.70. The monoisotopic (exact) mass is 236 g/mol. The standard InChI is InChI=1S/C9H12N6O2/c10-9-13-7-6(8(17)14-9)12-3-15(7)4-1-11-2-5(4)16/h3-5,11,16H,1-2H2,(H3,10,13,14,17)/t4-,5+/m0/s1. The van der Waals surface area contributed by atoms with Crippen molar-refractivity contribution < 1.29 is 5.11 Å². The molecule has 0 amide bonds. The van der Waals surface area contributed by atoms with Crippen molar-refractivity contribution in [1.29, 1.82) is 0 Å². The average molecular weight is 236 g/mol. The van der Waals surface area contributed by atoms with E-state index in [2.05, 4.69) is 20.3 Å². The van der Waals surface area contributed by atoms with Crippen LogP contribution in [0.4, 0.5) is 5.95 Å². The first-order valence-electron chi connectivity index (χ1n) is 5.28. The van der Waals surface area contributed by atoms with Gasteiger partial charge in [-0.05, 0) is 0 Å². The van der Waals surface area contributed by atoms with Crippen molar-refractivity contribution in [2.45, 2.75) is 12.1 Å². The number of aliphatic hydroxyl groups is 1. The third-order valence-electron chi connectivity index (χ3n) is 2.96. The van der Waals surface area contributed by atoms with E-state index in [-0.39, 0.29) is 23.1 Å². The van der Waals surface area contributed by atoms with Crippen LogP contribution in [0.3, 0.4) is 0 Å². The van der Waals surface area contributed by atoms with Crippen LogP contribution in [0.2, 0.25) is 0 Å². The van der Waals surface area contributed by atoms with E-state index in [9.17, 15) is 9.90 Å². The lowest BCUT2D eigenvalue weighted by molar-refractivity contribution is 0.152. The number of nitrogens with zero attached hydrogens (tertiary/aromatic N) is 3. The zero-order valence-electron chi connectivity index (χ0n) is 8.92. The number of rotatable bonds is 1. The van der Waals surface area contributed by atoms with Gasteiger partial charge in [0, 0.05) is 13.1 Å². The van der Waals surface area contributed by atoms with Gasteiger partial charge in [-0.2, -0.15) is 4.98 Å². The summed E-state index contributed by atoms with van der Waals surface area (Å²) in [7, 11) is 0. The molecule has 1 aliphatic rings. The quantitative estimate of drug-likeness (QED) is 0.464. The summed E-state index contributed by atoms with van der Waals surface area (Å²) in [5.41, 5.74) is 5.77. The predicted octanol–water partition coefficient (Wildman–Crippen LogP) is -1.79. The molecule has 1 saturated heterocycles. The van der Waals surface area contributed by atoms with Crippen molar-refractivity contribution in [3.05, 3.63) is 16.7 Å². The van der Waals surface area contributed by atoms with Crippen molar-refractivity contribution in [2.24, 2.45) is 0 Å². The Morgan fingerprint density at radius 1 is 1.53 bits per heavy atom. The van der Waals surface area contributed by atoms with E-state index >= 15 is 0 Å². The van der Waals surface area contributed by atoms with Gasteiger partial charge < -0.3 is 20.7 Å². The molecule has 0 bridgehead atoms. The summed E-state index contributed by atoms with van der Waals surface area (Å²) in [4.78, 5) is 22.0. The fraction of sp³-hybridized carbons (Fsp3) is 0.444. The number of nitrogen functional groups attached to an aromatic ring is 1. The Morgan fingerprint density at radius 3 is 3.06 bits per heavy atom. The van der Waals surface area contributed by atoms with Crippen LogP contribution in [0.15, 0.2) is 11.1 Å². The van der Waals surface area contributed by atoms with Gasteiger partial charge in [-0.1, -0.05) is 0 Å². The minimum atomic E-state index is -0.519. The number of nitrogens with one attached hydrogen (secondary N) is 2. The number of hydrogen-bond acceptors (Lipinski definition) is 6. The van der Waals surface area contributed by atoms with Crippen LogP contribution >= 0.6 is 0 Å². The van der Waals surface area contributed by atoms with Crippen molar-refractivity contribution >= 4 is 17.1 Å². The summed E-state index contributed by atoms with van der Waals surface area (Å²) in [6.07, 6.45) is 0.988. The normalized spacial score (nSPS) is 24.5. The highest BCUT2D eigenvalue weighted by atomic mass is 16.3. The number of fused-ring (bicyclic) bond motifs is 1. The Kier molecular flexibility index (Phi) is 2.13. The molecular formula is C9H12N6O2. The minimum Gasteiger partial charge on any atom is -0.390 e. The SMILES string of the molecule is Nc1nc2c(ncn2[C@H]2CNC[C@H]2O)c(=O)[nH]1. The molecule has 5 N–H and O–H groups in total. The van der Waals surface area contributed by atoms with Crippen LogP contribution in [0.25, 0.3) is 11.2 Å². The van der Waals surface area contributed by atoms with Gasteiger partial charge in [0.1, 0.15) is 0 Å². The molecule has 0 aromatic carbocycles. The Balaban J connectivity index is 2.21. The minimum absolute atomic E-state index is 0.0460. The Labute approximate surface area is 95.5 Å². The molecule has 90 valence electrons. The number of hydrogen-bond donors (Lipinski definition) is 4. The van der Waals surface area contributed by atoms with Gasteiger partial charge in [0.05, 0.1) is 18.5 Å². The van der Waals surface area contributed by atoms with E-state index in [1.54, 1.807) is 4.57 Å². The molecule has 8 nitrogen and oxygen atoms in total. The maximum Gasteiger partial charge on any atom is 0.280 e. The molecular weight excluding hydrogens is 224 g/mol. The number of aromatic nitrogens is 4. The fourth-order valence-corrected chi connectivity index (χ4v) is 2.12. The highest BCUT2D eigenvalue weighted by Crippen LogP contribution is 2.19. The molecule has 3 heterocycles. The fourth-order valence-electron chi connectivity index (χ4n) is 2.12. The molecule has 3 rings (SSSR count). The molecule has 0 radical (unpaired) electrons. The van der Waals surface area contributed by atoms with Crippen LogP contribution < -0.4 is 16.6 Å². The number of aromatic amines is 1. The molecule has 2 atom stereocenters. The lowest BCUT2D eigenvalue weighted by Crippen LogP contribution is -2.22. The first-order chi connectivity index (χ1) is 8.16. The number of aliphatic hydroxyl groups excluding tert-OH is 1. The van der Waals surface area contributed by atoms with Crippen LogP contribution in [0.5, 0.6) is 0 Å². The average Bonchev–Trinajstić information content (AvgIpc) is 2.84. The molecule has 2 aromatic heterocycles. The summed E-state index contributed by atoms with van der Waals surface area (Å²) >= 11 is 0. The Bertz CT molecular complexity index is 617. The first kappa shape index (κ1) is 10.2. The highest BCUT2D eigenvalue weighted by Gasteiger charge is 2.28. The maximum atomic E-state index is 11.6. The van der Waals surface area contributed by atoms with E-state index in [1.807, 2.05) is 0 Å². The van der Waals surface area contributed by atoms with Crippen LogP contribution in [0, 0.1) is 0 Å². The zero-order valence-corrected chi connectivity index (χ0v) is 8.92. The lowest BCUT2D eigenvalue weighted by atomic mass is 10.2. The van der Waals surface area contributed by atoms with Crippen LogP contribution in [-0.4, -0.2) is 43.8 Å². The number of H-pyrrole nitrogens is 1. The van der Waals surface area contributed by atoms with Gasteiger partial charge in [0.25, 0.3) is 5.56 Å². The predicted molar refractivity (Wildman–Crippen MR) is 60.5 cm³/mol. The molecule has 0 saturated carbocycles. The Morgan fingerprint density at radius 2 is 2.35 bits per heavy atom. The molecule has 1 fully saturated rings.